The van der Waals surface area contributed by atoms with Crippen LogP contribution in [0.15, 0.2) is 17.5 Å². The van der Waals surface area contributed by atoms with Crippen molar-refractivity contribution in [3.8, 4) is 0 Å². The molecule has 0 spiro atoms. The first kappa shape index (κ1) is 17.0. The lowest BCUT2D eigenvalue weighted by Gasteiger charge is -2.32. The topological polar surface area (TPSA) is 58.6 Å². The molecule has 1 N–H and O–H groups in total. The number of carbonyl (C=O) groups excluding carboxylic acids is 2. The van der Waals surface area contributed by atoms with Crippen molar-refractivity contribution in [3.63, 3.8) is 0 Å². The summed E-state index contributed by atoms with van der Waals surface area (Å²) < 4.78 is 5.26. The highest BCUT2D eigenvalue weighted by atomic mass is 32.1. The minimum absolute atomic E-state index is 0.128. The first-order valence-corrected chi connectivity index (χ1v) is 8.50. The molecule has 1 aromatic heterocycles. The summed E-state index contributed by atoms with van der Waals surface area (Å²) in [6.07, 6.45) is 1.33. The van der Waals surface area contributed by atoms with Crippen molar-refractivity contribution in [2.24, 2.45) is 0 Å². The summed E-state index contributed by atoms with van der Waals surface area (Å²) in [4.78, 5) is 26.8. The number of likely N-dealkylation sites (tertiary alicyclic amines) is 1. The fourth-order valence-corrected chi connectivity index (χ4v) is 3.08. The van der Waals surface area contributed by atoms with E-state index in [1.807, 2.05) is 38.3 Å². The minimum atomic E-state index is -0.474. The summed E-state index contributed by atoms with van der Waals surface area (Å²) in [6, 6.07) is 3.89. The summed E-state index contributed by atoms with van der Waals surface area (Å²) in [6.45, 7) is 7.65. The molecule has 6 heteroatoms. The zero-order valence-electron chi connectivity index (χ0n) is 13.4. The Bertz CT molecular complexity index is 500. The van der Waals surface area contributed by atoms with E-state index in [-0.39, 0.29) is 17.9 Å². The molecule has 0 bridgehead atoms. The predicted molar refractivity (Wildman–Crippen MR) is 87.5 cm³/mol. The van der Waals surface area contributed by atoms with E-state index in [1.165, 1.54) is 11.3 Å². The Balaban J connectivity index is 1.72. The maximum Gasteiger partial charge on any atom is 0.407 e. The van der Waals surface area contributed by atoms with E-state index >= 15 is 0 Å². The third-order valence-corrected chi connectivity index (χ3v) is 4.38. The number of piperidine rings is 1. The minimum Gasteiger partial charge on any atom is -0.444 e. The highest BCUT2D eigenvalue weighted by Gasteiger charge is 2.24. The van der Waals surface area contributed by atoms with Crippen molar-refractivity contribution in [1.82, 2.24) is 10.2 Å². The number of ether oxygens (including phenoxy) is 1. The van der Waals surface area contributed by atoms with Gasteiger partial charge in [-0.15, -0.1) is 11.3 Å². The first-order valence-electron chi connectivity index (χ1n) is 7.62. The standard InChI is InChI=1S/C16H24N2O3S/c1-16(2,3)21-15(20)17-12-6-8-18(9-7-12)11-13(19)14-5-4-10-22-14/h4-5,10,12H,6-9,11H2,1-3H3,(H,17,20). The number of alkyl carbamates (subject to hydrolysis) is 1. The Morgan fingerprint density at radius 1 is 1.36 bits per heavy atom. The molecule has 1 aliphatic heterocycles. The van der Waals surface area contributed by atoms with Gasteiger partial charge in [-0.1, -0.05) is 6.07 Å². The van der Waals surface area contributed by atoms with Crippen LogP contribution in [0, 0.1) is 0 Å². The van der Waals surface area contributed by atoms with Crippen LogP contribution in [0.3, 0.4) is 0 Å². The monoisotopic (exact) mass is 324 g/mol. The van der Waals surface area contributed by atoms with E-state index in [1.54, 1.807) is 0 Å². The average Bonchev–Trinajstić information content (AvgIpc) is 2.92. The van der Waals surface area contributed by atoms with Crippen molar-refractivity contribution in [2.75, 3.05) is 19.6 Å². The van der Waals surface area contributed by atoms with Gasteiger partial charge < -0.3 is 10.1 Å². The van der Waals surface area contributed by atoms with Crippen LogP contribution in [0.2, 0.25) is 0 Å². The molecule has 1 aliphatic rings. The number of ketones is 1. The molecule has 2 rings (SSSR count). The van der Waals surface area contributed by atoms with Gasteiger partial charge in [0.25, 0.3) is 0 Å². The quantitative estimate of drug-likeness (QED) is 0.865. The van der Waals surface area contributed by atoms with E-state index in [4.69, 9.17) is 4.74 Å². The zero-order valence-corrected chi connectivity index (χ0v) is 14.2. The van der Waals surface area contributed by atoms with E-state index in [2.05, 4.69) is 10.2 Å². The van der Waals surface area contributed by atoms with Crippen LogP contribution in [0.25, 0.3) is 0 Å². The Morgan fingerprint density at radius 3 is 2.59 bits per heavy atom. The number of nitrogens with zero attached hydrogens (tertiary/aromatic N) is 1. The van der Waals surface area contributed by atoms with Gasteiger partial charge in [0, 0.05) is 19.1 Å². The Kier molecular flexibility index (Phi) is 5.58. The fourth-order valence-electron chi connectivity index (χ4n) is 2.43. The van der Waals surface area contributed by atoms with Crippen LogP contribution in [0.5, 0.6) is 0 Å². The van der Waals surface area contributed by atoms with Crippen LogP contribution in [0.4, 0.5) is 4.79 Å². The summed E-state index contributed by atoms with van der Waals surface area (Å²) in [5, 5.41) is 4.83. The summed E-state index contributed by atoms with van der Waals surface area (Å²) in [5.41, 5.74) is -0.474. The van der Waals surface area contributed by atoms with Crippen molar-refractivity contribution in [1.29, 1.82) is 0 Å². The van der Waals surface area contributed by atoms with Gasteiger partial charge in [0.1, 0.15) is 5.60 Å². The number of thiophene rings is 1. The second-order valence-electron chi connectivity index (χ2n) is 6.60. The fraction of sp³-hybridized carbons (Fsp3) is 0.625. The van der Waals surface area contributed by atoms with Gasteiger partial charge in [-0.25, -0.2) is 4.79 Å². The molecule has 0 saturated carbocycles. The van der Waals surface area contributed by atoms with Gasteiger partial charge in [-0.2, -0.15) is 0 Å². The lowest BCUT2D eigenvalue weighted by atomic mass is 10.0. The average molecular weight is 324 g/mol. The highest BCUT2D eigenvalue weighted by molar-refractivity contribution is 7.12. The molecule has 0 radical (unpaired) electrons. The van der Waals surface area contributed by atoms with Crippen molar-refractivity contribution in [2.45, 2.75) is 45.3 Å². The van der Waals surface area contributed by atoms with Gasteiger partial charge in [-0.3, -0.25) is 9.69 Å². The van der Waals surface area contributed by atoms with Crippen LogP contribution in [-0.4, -0.2) is 48.1 Å². The Hall–Kier alpha value is -1.40. The van der Waals surface area contributed by atoms with Crippen molar-refractivity contribution >= 4 is 23.2 Å². The van der Waals surface area contributed by atoms with Crippen LogP contribution < -0.4 is 5.32 Å². The van der Waals surface area contributed by atoms with Crippen LogP contribution in [0.1, 0.15) is 43.3 Å². The van der Waals surface area contributed by atoms with E-state index < -0.39 is 5.60 Å². The molecule has 22 heavy (non-hydrogen) atoms. The lowest BCUT2D eigenvalue weighted by Crippen LogP contribution is -2.47. The number of carbonyl (C=O) groups is 2. The van der Waals surface area contributed by atoms with Crippen molar-refractivity contribution < 1.29 is 14.3 Å². The van der Waals surface area contributed by atoms with Gasteiger partial charge in [-0.05, 0) is 45.1 Å². The summed E-state index contributed by atoms with van der Waals surface area (Å²) >= 11 is 1.48. The van der Waals surface area contributed by atoms with E-state index in [0.717, 1.165) is 30.8 Å². The normalized spacial score (nSPS) is 17.2. The molecule has 0 unspecified atom stereocenters. The number of amides is 1. The van der Waals surface area contributed by atoms with E-state index in [0.29, 0.717) is 6.54 Å². The Labute approximate surface area is 135 Å². The summed E-state index contributed by atoms with van der Waals surface area (Å²) in [7, 11) is 0. The molecule has 1 amide bonds. The van der Waals surface area contributed by atoms with Gasteiger partial charge in [0.05, 0.1) is 11.4 Å². The number of rotatable bonds is 4. The van der Waals surface area contributed by atoms with E-state index in [9.17, 15) is 9.59 Å². The maximum absolute atomic E-state index is 12.1. The number of hydrogen-bond acceptors (Lipinski definition) is 5. The third-order valence-electron chi connectivity index (χ3n) is 3.47. The molecule has 5 nitrogen and oxygen atoms in total. The van der Waals surface area contributed by atoms with Crippen LogP contribution >= 0.6 is 11.3 Å². The second kappa shape index (κ2) is 7.24. The molecule has 1 aromatic rings. The third kappa shape index (κ3) is 5.42. The Morgan fingerprint density at radius 2 is 2.05 bits per heavy atom. The molecule has 0 aromatic carbocycles. The molecule has 0 atom stereocenters. The maximum atomic E-state index is 12.1. The van der Waals surface area contributed by atoms with Gasteiger partial charge >= 0.3 is 6.09 Å². The second-order valence-corrected chi connectivity index (χ2v) is 7.54. The summed E-state index contributed by atoms with van der Waals surface area (Å²) in [5.74, 6) is 0.175. The number of nitrogens with one attached hydrogen (secondary N) is 1. The molecule has 1 saturated heterocycles. The number of Topliss-reactive ketones (excluding diaryl/α,β-unsaturated/α-hetero) is 1. The zero-order chi connectivity index (χ0) is 16.2. The molecule has 2 heterocycles. The van der Waals surface area contributed by atoms with Crippen molar-refractivity contribution in [3.05, 3.63) is 22.4 Å². The SMILES string of the molecule is CC(C)(C)OC(=O)NC1CCN(CC(=O)c2cccs2)CC1. The molecular formula is C16H24N2O3S. The molecule has 0 aliphatic carbocycles. The van der Waals surface area contributed by atoms with Crippen LogP contribution in [-0.2, 0) is 4.74 Å². The predicted octanol–water partition coefficient (Wildman–Crippen LogP) is 2.92. The molecule has 1 fully saturated rings. The number of hydrogen-bond donors (Lipinski definition) is 1. The lowest BCUT2D eigenvalue weighted by molar-refractivity contribution is 0.0476. The molecule has 122 valence electrons. The van der Waals surface area contributed by atoms with Gasteiger partial charge in [0.2, 0.25) is 0 Å². The molecular weight excluding hydrogens is 300 g/mol. The smallest absolute Gasteiger partial charge is 0.407 e. The first-order chi connectivity index (χ1) is 10.3. The highest BCUT2D eigenvalue weighted by Crippen LogP contribution is 2.15. The largest absolute Gasteiger partial charge is 0.444 e. The van der Waals surface area contributed by atoms with Gasteiger partial charge in [0.15, 0.2) is 5.78 Å².